The summed E-state index contributed by atoms with van der Waals surface area (Å²) >= 11 is 0. The highest BCUT2D eigenvalue weighted by Gasteiger charge is 2.25. The molecule has 2 aliphatic heterocycles. The molecule has 1 saturated heterocycles. The molecule has 1 fully saturated rings. The highest BCUT2D eigenvalue weighted by Crippen LogP contribution is 2.18. The number of likely N-dealkylation sites (tertiary alicyclic amines) is 1. The highest BCUT2D eigenvalue weighted by atomic mass is 16.2. The number of hydrogen-bond acceptors (Lipinski definition) is 3. The molecule has 0 radical (unpaired) electrons. The lowest BCUT2D eigenvalue weighted by Crippen LogP contribution is -2.45. The van der Waals surface area contributed by atoms with E-state index >= 15 is 0 Å². The third kappa shape index (κ3) is 5.45. The Labute approximate surface area is 163 Å². The van der Waals surface area contributed by atoms with Gasteiger partial charge < -0.3 is 15.5 Å². The molecule has 1 aromatic carbocycles. The minimum absolute atomic E-state index is 0.242. The van der Waals surface area contributed by atoms with E-state index in [2.05, 4.69) is 46.7 Å². The standard InChI is InChI=1S/C21H33N5O/c1-3-20(27)26-13-10-19(16-26)24-21(22-4-2)23-11-14-25-12-9-17-7-5-6-8-18(17)15-25/h5-8,19H,3-4,9-16H2,1-2H3,(H2,22,23,24). The Kier molecular flexibility index (Phi) is 7.10. The lowest BCUT2D eigenvalue weighted by atomic mass is 10.0. The molecule has 6 heteroatoms. The third-order valence-electron chi connectivity index (χ3n) is 5.42. The van der Waals surface area contributed by atoms with Crippen molar-refractivity contribution >= 4 is 11.9 Å². The van der Waals surface area contributed by atoms with Crippen molar-refractivity contribution in [2.24, 2.45) is 4.99 Å². The van der Waals surface area contributed by atoms with E-state index in [9.17, 15) is 4.79 Å². The summed E-state index contributed by atoms with van der Waals surface area (Å²) in [6.45, 7) is 10.3. The fourth-order valence-corrected chi connectivity index (χ4v) is 3.89. The van der Waals surface area contributed by atoms with Gasteiger partial charge in [0.1, 0.15) is 0 Å². The molecule has 3 rings (SSSR count). The number of carbonyl (C=O) groups excluding carboxylic acids is 1. The van der Waals surface area contributed by atoms with Gasteiger partial charge in [-0.15, -0.1) is 0 Å². The molecule has 27 heavy (non-hydrogen) atoms. The first kappa shape index (κ1) is 19.7. The molecule has 0 saturated carbocycles. The van der Waals surface area contributed by atoms with E-state index in [1.54, 1.807) is 0 Å². The molecule has 2 N–H and O–H groups in total. The van der Waals surface area contributed by atoms with Gasteiger partial charge in [0.2, 0.25) is 5.91 Å². The van der Waals surface area contributed by atoms with E-state index in [1.165, 1.54) is 11.1 Å². The van der Waals surface area contributed by atoms with Crippen LogP contribution in [0.3, 0.4) is 0 Å². The minimum Gasteiger partial charge on any atom is -0.357 e. The molecule has 0 bridgehead atoms. The predicted molar refractivity (Wildman–Crippen MR) is 110 cm³/mol. The number of rotatable bonds is 6. The van der Waals surface area contributed by atoms with Crippen molar-refractivity contribution in [2.75, 3.05) is 39.3 Å². The molecular weight excluding hydrogens is 338 g/mol. The summed E-state index contributed by atoms with van der Waals surface area (Å²) in [4.78, 5) is 21.0. The zero-order valence-corrected chi connectivity index (χ0v) is 16.7. The van der Waals surface area contributed by atoms with Gasteiger partial charge in [-0.2, -0.15) is 0 Å². The fourth-order valence-electron chi connectivity index (χ4n) is 3.89. The van der Waals surface area contributed by atoms with Crippen LogP contribution in [-0.4, -0.2) is 67.0 Å². The number of carbonyl (C=O) groups is 1. The molecule has 1 aromatic rings. The molecule has 0 spiro atoms. The second-order valence-electron chi connectivity index (χ2n) is 7.38. The number of hydrogen-bond donors (Lipinski definition) is 2. The zero-order chi connectivity index (χ0) is 19.1. The second-order valence-corrected chi connectivity index (χ2v) is 7.38. The minimum atomic E-state index is 0.242. The first-order chi connectivity index (χ1) is 13.2. The monoisotopic (exact) mass is 371 g/mol. The Balaban J connectivity index is 1.47. The summed E-state index contributed by atoms with van der Waals surface area (Å²) in [5.74, 6) is 1.11. The van der Waals surface area contributed by atoms with Crippen LogP contribution in [0, 0.1) is 0 Å². The van der Waals surface area contributed by atoms with Crippen LogP contribution in [0.2, 0.25) is 0 Å². The third-order valence-corrected chi connectivity index (χ3v) is 5.42. The molecular formula is C21H33N5O. The molecule has 1 atom stereocenters. The Hall–Kier alpha value is -2.08. The van der Waals surface area contributed by atoms with E-state index in [0.717, 1.165) is 64.6 Å². The van der Waals surface area contributed by atoms with Crippen molar-refractivity contribution in [3.63, 3.8) is 0 Å². The Morgan fingerprint density at radius 1 is 1.22 bits per heavy atom. The van der Waals surface area contributed by atoms with Gasteiger partial charge in [0.25, 0.3) is 0 Å². The van der Waals surface area contributed by atoms with E-state index in [1.807, 2.05) is 11.8 Å². The number of benzene rings is 1. The van der Waals surface area contributed by atoms with Gasteiger partial charge in [0.05, 0.1) is 6.54 Å². The smallest absolute Gasteiger partial charge is 0.222 e. The molecule has 2 heterocycles. The van der Waals surface area contributed by atoms with Gasteiger partial charge in [-0.3, -0.25) is 14.7 Å². The van der Waals surface area contributed by atoms with Gasteiger partial charge in [-0.25, -0.2) is 0 Å². The summed E-state index contributed by atoms with van der Waals surface area (Å²) in [5, 5.41) is 6.84. The quantitative estimate of drug-likeness (QED) is 0.589. The molecule has 148 valence electrons. The van der Waals surface area contributed by atoms with Crippen LogP contribution in [0.4, 0.5) is 0 Å². The number of nitrogens with zero attached hydrogens (tertiary/aromatic N) is 3. The average molecular weight is 372 g/mol. The summed E-state index contributed by atoms with van der Waals surface area (Å²) < 4.78 is 0. The van der Waals surface area contributed by atoms with Crippen LogP contribution in [0.25, 0.3) is 0 Å². The van der Waals surface area contributed by atoms with Crippen LogP contribution >= 0.6 is 0 Å². The van der Waals surface area contributed by atoms with E-state index in [4.69, 9.17) is 4.99 Å². The summed E-state index contributed by atoms with van der Waals surface area (Å²) in [6, 6.07) is 9.03. The number of aliphatic imine (C=N–C) groups is 1. The lowest BCUT2D eigenvalue weighted by molar-refractivity contribution is -0.129. The van der Waals surface area contributed by atoms with Gasteiger partial charge in [-0.05, 0) is 30.9 Å². The van der Waals surface area contributed by atoms with Gasteiger partial charge in [-0.1, -0.05) is 31.2 Å². The van der Waals surface area contributed by atoms with Crippen LogP contribution in [0.1, 0.15) is 37.8 Å². The first-order valence-corrected chi connectivity index (χ1v) is 10.3. The van der Waals surface area contributed by atoms with Crippen molar-refractivity contribution in [2.45, 2.75) is 45.7 Å². The Morgan fingerprint density at radius 2 is 2.04 bits per heavy atom. The molecule has 1 amide bonds. The SMILES string of the molecule is CCNC(=NCCN1CCc2ccccc2C1)NC1CCN(C(=O)CC)C1. The normalized spacial score (nSPS) is 20.4. The Bertz CT molecular complexity index is 660. The van der Waals surface area contributed by atoms with Crippen LogP contribution in [0.5, 0.6) is 0 Å². The predicted octanol–water partition coefficient (Wildman–Crippen LogP) is 1.61. The highest BCUT2D eigenvalue weighted by molar-refractivity contribution is 5.80. The average Bonchev–Trinajstić information content (AvgIpc) is 3.16. The van der Waals surface area contributed by atoms with Crippen molar-refractivity contribution in [1.82, 2.24) is 20.4 Å². The maximum absolute atomic E-state index is 11.9. The van der Waals surface area contributed by atoms with Crippen LogP contribution < -0.4 is 10.6 Å². The van der Waals surface area contributed by atoms with Crippen molar-refractivity contribution in [3.8, 4) is 0 Å². The summed E-state index contributed by atoms with van der Waals surface area (Å²) in [5.41, 5.74) is 2.93. The van der Waals surface area contributed by atoms with Gasteiger partial charge in [0, 0.05) is 51.7 Å². The Morgan fingerprint density at radius 3 is 2.81 bits per heavy atom. The summed E-state index contributed by atoms with van der Waals surface area (Å²) in [6.07, 6.45) is 2.69. The molecule has 0 aromatic heterocycles. The number of amides is 1. The van der Waals surface area contributed by atoms with Crippen molar-refractivity contribution in [3.05, 3.63) is 35.4 Å². The van der Waals surface area contributed by atoms with E-state index in [0.29, 0.717) is 12.5 Å². The van der Waals surface area contributed by atoms with Crippen molar-refractivity contribution in [1.29, 1.82) is 0 Å². The number of nitrogens with one attached hydrogen (secondary N) is 2. The van der Waals surface area contributed by atoms with Crippen molar-refractivity contribution < 1.29 is 4.79 Å². The van der Waals surface area contributed by atoms with E-state index in [-0.39, 0.29) is 5.91 Å². The van der Waals surface area contributed by atoms with Crippen LogP contribution in [0.15, 0.2) is 29.3 Å². The van der Waals surface area contributed by atoms with Gasteiger partial charge in [0.15, 0.2) is 5.96 Å². The second kappa shape index (κ2) is 9.74. The molecule has 0 aliphatic carbocycles. The zero-order valence-electron chi connectivity index (χ0n) is 16.7. The fraction of sp³-hybridized carbons (Fsp3) is 0.619. The lowest BCUT2D eigenvalue weighted by Gasteiger charge is -2.28. The largest absolute Gasteiger partial charge is 0.357 e. The molecule has 2 aliphatic rings. The number of guanidine groups is 1. The summed E-state index contributed by atoms with van der Waals surface area (Å²) in [7, 11) is 0. The van der Waals surface area contributed by atoms with Crippen LogP contribution in [-0.2, 0) is 17.8 Å². The first-order valence-electron chi connectivity index (χ1n) is 10.3. The number of fused-ring (bicyclic) bond motifs is 1. The maximum atomic E-state index is 11.9. The van der Waals surface area contributed by atoms with Gasteiger partial charge >= 0.3 is 0 Å². The topological polar surface area (TPSA) is 60.0 Å². The molecule has 6 nitrogen and oxygen atoms in total. The maximum Gasteiger partial charge on any atom is 0.222 e. The molecule has 1 unspecified atom stereocenters. The van der Waals surface area contributed by atoms with E-state index < -0.39 is 0 Å².